The van der Waals surface area contributed by atoms with Crippen LogP contribution in [0.1, 0.15) is 17.3 Å². The van der Waals surface area contributed by atoms with E-state index in [4.69, 9.17) is 17.3 Å². The normalized spacial score (nSPS) is 11.5. The molecule has 0 spiro atoms. The zero-order valence-electron chi connectivity index (χ0n) is 9.78. The van der Waals surface area contributed by atoms with Gasteiger partial charge in [-0.2, -0.15) is 0 Å². The Hall–Kier alpha value is -2.15. The fourth-order valence-electron chi connectivity index (χ4n) is 1.16. The lowest BCUT2D eigenvalue weighted by molar-refractivity contribution is -0.127. The van der Waals surface area contributed by atoms with E-state index in [1.54, 1.807) is 5.32 Å². The predicted molar refractivity (Wildman–Crippen MR) is 64.0 cm³/mol. The number of imide groups is 1. The molecule has 8 heteroatoms. The maximum atomic E-state index is 13.4. The van der Waals surface area contributed by atoms with Crippen molar-refractivity contribution in [3.05, 3.63) is 34.6 Å². The Morgan fingerprint density at radius 2 is 2.05 bits per heavy atom. The molecule has 0 aliphatic rings. The number of carbonyl (C=O) groups is 3. The smallest absolute Gasteiger partial charge is 0.341 e. The molecule has 1 atom stereocenters. The minimum Gasteiger partial charge on any atom is -0.449 e. The lowest BCUT2D eigenvalue weighted by atomic mass is 10.2. The number of hydrogen-bond donors (Lipinski definition) is 2. The summed E-state index contributed by atoms with van der Waals surface area (Å²) >= 11 is 5.53. The van der Waals surface area contributed by atoms with Crippen LogP contribution in [0, 0.1) is 5.82 Å². The lowest BCUT2D eigenvalue weighted by Gasteiger charge is -2.12. The summed E-state index contributed by atoms with van der Waals surface area (Å²) in [4.78, 5) is 33.3. The minimum absolute atomic E-state index is 0.119. The van der Waals surface area contributed by atoms with Crippen LogP contribution >= 0.6 is 11.6 Å². The summed E-state index contributed by atoms with van der Waals surface area (Å²) in [5.74, 6) is -2.84. The quantitative estimate of drug-likeness (QED) is 0.817. The van der Waals surface area contributed by atoms with Gasteiger partial charge in [0.15, 0.2) is 6.10 Å². The molecule has 0 unspecified atom stereocenters. The molecule has 19 heavy (non-hydrogen) atoms. The molecule has 1 aromatic carbocycles. The molecule has 0 aliphatic heterocycles. The second kappa shape index (κ2) is 6.14. The molecule has 0 fully saturated rings. The Bertz CT molecular complexity index is 535. The maximum Gasteiger partial charge on any atom is 0.341 e. The molecule has 0 aromatic heterocycles. The molecule has 102 valence electrons. The summed E-state index contributed by atoms with van der Waals surface area (Å²) in [7, 11) is 0. The molecule has 0 heterocycles. The van der Waals surface area contributed by atoms with E-state index in [-0.39, 0.29) is 10.6 Å². The van der Waals surface area contributed by atoms with Gasteiger partial charge in [0, 0.05) is 5.02 Å². The summed E-state index contributed by atoms with van der Waals surface area (Å²) < 4.78 is 18.1. The highest BCUT2D eigenvalue weighted by Crippen LogP contribution is 2.16. The Morgan fingerprint density at radius 1 is 1.42 bits per heavy atom. The van der Waals surface area contributed by atoms with E-state index in [1.165, 1.54) is 13.0 Å². The summed E-state index contributed by atoms with van der Waals surface area (Å²) in [6.45, 7) is 1.21. The van der Waals surface area contributed by atoms with Crippen LogP contribution in [0.15, 0.2) is 18.2 Å². The first-order chi connectivity index (χ1) is 8.81. The largest absolute Gasteiger partial charge is 0.449 e. The lowest BCUT2D eigenvalue weighted by Crippen LogP contribution is -2.42. The summed E-state index contributed by atoms with van der Waals surface area (Å²) in [5.41, 5.74) is 4.36. The number of halogens is 2. The van der Waals surface area contributed by atoms with E-state index in [2.05, 4.69) is 4.74 Å². The molecule has 0 radical (unpaired) electrons. The first-order valence-corrected chi connectivity index (χ1v) is 5.45. The number of amides is 3. The number of esters is 1. The highest BCUT2D eigenvalue weighted by Gasteiger charge is 2.21. The number of carbonyl (C=O) groups excluding carboxylic acids is 3. The van der Waals surface area contributed by atoms with Crippen LogP contribution in [0.2, 0.25) is 5.02 Å². The molecule has 0 saturated carbocycles. The maximum absolute atomic E-state index is 13.4. The third-order valence-corrected chi connectivity index (χ3v) is 2.29. The molecule has 3 N–H and O–H groups in total. The van der Waals surface area contributed by atoms with Gasteiger partial charge in [0.05, 0.1) is 5.56 Å². The number of urea groups is 1. The third-order valence-electron chi connectivity index (χ3n) is 2.05. The average Bonchev–Trinajstić information content (AvgIpc) is 2.27. The fraction of sp³-hybridized carbons (Fsp3) is 0.182. The number of ether oxygens (including phenoxy) is 1. The number of benzene rings is 1. The average molecular weight is 289 g/mol. The Morgan fingerprint density at radius 3 is 2.58 bits per heavy atom. The van der Waals surface area contributed by atoms with Crippen LogP contribution in [0.25, 0.3) is 0 Å². The van der Waals surface area contributed by atoms with E-state index in [9.17, 15) is 18.8 Å². The minimum atomic E-state index is -1.30. The predicted octanol–water partition coefficient (Wildman–Crippen LogP) is 1.22. The first-order valence-electron chi connectivity index (χ1n) is 5.07. The van der Waals surface area contributed by atoms with E-state index >= 15 is 0 Å². The molecule has 6 nitrogen and oxygen atoms in total. The van der Waals surface area contributed by atoms with Crippen molar-refractivity contribution >= 4 is 29.5 Å². The van der Waals surface area contributed by atoms with Crippen molar-refractivity contribution in [1.29, 1.82) is 0 Å². The van der Waals surface area contributed by atoms with Crippen LogP contribution in [0.3, 0.4) is 0 Å². The molecule has 0 bridgehead atoms. The molecule has 3 amide bonds. The van der Waals surface area contributed by atoms with Crippen LogP contribution in [0.5, 0.6) is 0 Å². The van der Waals surface area contributed by atoms with Gasteiger partial charge in [-0.15, -0.1) is 0 Å². The van der Waals surface area contributed by atoms with Gasteiger partial charge in [0.1, 0.15) is 5.82 Å². The highest BCUT2D eigenvalue weighted by molar-refractivity contribution is 6.30. The van der Waals surface area contributed by atoms with Gasteiger partial charge in [0.25, 0.3) is 5.91 Å². The van der Waals surface area contributed by atoms with Gasteiger partial charge < -0.3 is 10.5 Å². The van der Waals surface area contributed by atoms with E-state index in [1.807, 2.05) is 0 Å². The Labute approximate surface area is 112 Å². The monoisotopic (exact) mass is 288 g/mol. The van der Waals surface area contributed by atoms with Gasteiger partial charge in [-0.3, -0.25) is 10.1 Å². The summed E-state index contributed by atoms with van der Waals surface area (Å²) in [6.07, 6.45) is -1.30. The number of primary amides is 1. The molecular formula is C11H10ClFN2O4. The fourth-order valence-corrected chi connectivity index (χ4v) is 1.31. The number of rotatable bonds is 3. The van der Waals surface area contributed by atoms with E-state index in [0.717, 1.165) is 12.1 Å². The van der Waals surface area contributed by atoms with Gasteiger partial charge in [0.2, 0.25) is 0 Å². The van der Waals surface area contributed by atoms with Crippen LogP contribution in [-0.2, 0) is 9.53 Å². The topological polar surface area (TPSA) is 98.5 Å². The van der Waals surface area contributed by atoms with Crippen molar-refractivity contribution in [2.75, 3.05) is 0 Å². The molecule has 0 saturated heterocycles. The zero-order chi connectivity index (χ0) is 14.6. The van der Waals surface area contributed by atoms with E-state index < -0.39 is 29.8 Å². The number of nitrogens with one attached hydrogen (secondary N) is 1. The molecule has 0 aliphatic carbocycles. The van der Waals surface area contributed by atoms with Crippen molar-refractivity contribution in [2.45, 2.75) is 13.0 Å². The Balaban J connectivity index is 2.74. The van der Waals surface area contributed by atoms with Crippen LogP contribution in [0.4, 0.5) is 9.18 Å². The van der Waals surface area contributed by atoms with Crippen molar-refractivity contribution < 1.29 is 23.5 Å². The third kappa shape index (κ3) is 4.22. The van der Waals surface area contributed by atoms with Gasteiger partial charge in [-0.25, -0.2) is 14.0 Å². The van der Waals surface area contributed by atoms with Crippen molar-refractivity contribution in [2.24, 2.45) is 5.73 Å². The van der Waals surface area contributed by atoms with Crippen molar-refractivity contribution in [1.82, 2.24) is 5.32 Å². The zero-order valence-corrected chi connectivity index (χ0v) is 10.5. The molecule has 1 aromatic rings. The van der Waals surface area contributed by atoms with Gasteiger partial charge >= 0.3 is 12.0 Å². The SMILES string of the molecule is C[C@H](OC(=O)c1ccc(Cl)cc1F)C(=O)NC(N)=O. The van der Waals surface area contributed by atoms with Crippen molar-refractivity contribution in [3.63, 3.8) is 0 Å². The number of nitrogens with two attached hydrogens (primary N) is 1. The Kier molecular flexibility index (Phi) is 4.82. The van der Waals surface area contributed by atoms with Crippen LogP contribution < -0.4 is 11.1 Å². The second-order valence-electron chi connectivity index (χ2n) is 3.53. The van der Waals surface area contributed by atoms with Gasteiger partial charge in [-0.05, 0) is 25.1 Å². The highest BCUT2D eigenvalue weighted by atomic mass is 35.5. The molecule has 1 rings (SSSR count). The summed E-state index contributed by atoms with van der Waals surface area (Å²) in [5, 5.41) is 1.85. The second-order valence-corrected chi connectivity index (χ2v) is 3.96. The van der Waals surface area contributed by atoms with Crippen molar-refractivity contribution in [3.8, 4) is 0 Å². The standard InChI is InChI=1S/C11H10ClFN2O4/c1-5(9(16)15-11(14)18)19-10(17)7-3-2-6(12)4-8(7)13/h2-5H,1H3,(H3,14,15,16,18)/t5-/m0/s1. The van der Waals surface area contributed by atoms with Gasteiger partial charge in [-0.1, -0.05) is 11.6 Å². The summed E-state index contributed by atoms with van der Waals surface area (Å²) in [6, 6.07) is 2.28. The molecular weight excluding hydrogens is 279 g/mol. The number of hydrogen-bond acceptors (Lipinski definition) is 4. The first kappa shape index (κ1) is 14.9. The van der Waals surface area contributed by atoms with E-state index in [0.29, 0.717) is 0 Å². The van der Waals surface area contributed by atoms with Crippen LogP contribution in [-0.4, -0.2) is 24.0 Å².